The average Bonchev–Trinajstić information content (AvgIpc) is 3.46. The van der Waals surface area contributed by atoms with Crippen molar-refractivity contribution in [3.63, 3.8) is 0 Å². The van der Waals surface area contributed by atoms with Crippen LogP contribution in [-0.2, 0) is 19.1 Å². The Morgan fingerprint density at radius 2 is 1.84 bits per heavy atom. The van der Waals surface area contributed by atoms with Gasteiger partial charge in [0.05, 0.1) is 17.1 Å². The van der Waals surface area contributed by atoms with Crippen LogP contribution in [-0.4, -0.2) is 77.7 Å². The van der Waals surface area contributed by atoms with Crippen LogP contribution in [0.2, 0.25) is 5.02 Å². The second-order valence-corrected chi connectivity index (χ2v) is 11.5. The Hall–Kier alpha value is -4.07. The lowest BCUT2D eigenvalue weighted by Crippen LogP contribution is -2.44. The third-order valence-corrected chi connectivity index (χ3v) is 8.27. The Bertz CT molecular complexity index is 1440. The van der Waals surface area contributed by atoms with Crippen molar-refractivity contribution in [2.75, 3.05) is 43.4 Å². The first-order valence-corrected chi connectivity index (χ1v) is 15.3. The van der Waals surface area contributed by atoms with Crippen LogP contribution < -0.4 is 20.7 Å². The first-order chi connectivity index (χ1) is 21.6. The fourth-order valence-electron chi connectivity index (χ4n) is 5.63. The fraction of sp³-hybridized carbons (Fsp3) is 0.500. The standard InChI is InChI=1S/C30H34ClF3N6O5/c31-23-16-20(5-6-24(23)45-21-8-12-40(13-9-21)28(42)18-3-1-2-4-18)39-26-22-15-19(7-10-35-25(22)37-17-38-26)27(41)36-11-14-44-29(43)30(32,33)34/h5-6,15-18,21H,1-4,7-14H2,(H,36,41)(H2,35,37,38,39). The molecule has 1 aromatic carbocycles. The van der Waals surface area contributed by atoms with Gasteiger partial charge in [-0.25, -0.2) is 14.8 Å². The number of amides is 2. The molecule has 1 saturated heterocycles. The summed E-state index contributed by atoms with van der Waals surface area (Å²) in [5.74, 6) is -0.993. The van der Waals surface area contributed by atoms with E-state index in [0.717, 1.165) is 38.5 Å². The molecular weight excluding hydrogens is 617 g/mol. The van der Waals surface area contributed by atoms with Gasteiger partial charge in [-0.2, -0.15) is 13.2 Å². The van der Waals surface area contributed by atoms with Crippen molar-refractivity contribution < 1.29 is 37.0 Å². The summed E-state index contributed by atoms with van der Waals surface area (Å²) in [4.78, 5) is 46.9. The number of aromatic nitrogens is 2. The molecule has 0 atom stereocenters. The van der Waals surface area contributed by atoms with Crippen molar-refractivity contribution in [2.24, 2.45) is 5.92 Å². The van der Waals surface area contributed by atoms with Gasteiger partial charge in [-0.05, 0) is 43.5 Å². The zero-order valence-corrected chi connectivity index (χ0v) is 25.2. The smallest absolute Gasteiger partial charge is 0.489 e. The SMILES string of the molecule is O=C(NCCOC(=O)C(F)(F)F)C1=Cc2c(ncnc2Nc2ccc(OC3CCN(C(=O)C4CCCC4)CC3)c(Cl)c2)NCC1. The Morgan fingerprint density at radius 1 is 1.09 bits per heavy atom. The van der Waals surface area contributed by atoms with Crippen LogP contribution in [0, 0.1) is 5.92 Å². The van der Waals surface area contributed by atoms with Crippen molar-refractivity contribution in [2.45, 2.75) is 57.2 Å². The van der Waals surface area contributed by atoms with Crippen LogP contribution in [0.15, 0.2) is 30.1 Å². The first-order valence-electron chi connectivity index (χ1n) is 14.9. The largest absolute Gasteiger partial charge is 0.490 e. The van der Waals surface area contributed by atoms with Gasteiger partial charge in [-0.15, -0.1) is 0 Å². The molecule has 11 nitrogen and oxygen atoms in total. The highest BCUT2D eigenvalue weighted by Crippen LogP contribution is 2.34. The summed E-state index contributed by atoms with van der Waals surface area (Å²) >= 11 is 6.59. The molecule has 1 saturated carbocycles. The molecule has 2 aliphatic heterocycles. The van der Waals surface area contributed by atoms with Crippen LogP contribution >= 0.6 is 11.6 Å². The number of nitrogens with one attached hydrogen (secondary N) is 3. The Morgan fingerprint density at radius 3 is 2.56 bits per heavy atom. The minimum atomic E-state index is -5.10. The van der Waals surface area contributed by atoms with Crippen LogP contribution in [0.5, 0.6) is 5.75 Å². The lowest BCUT2D eigenvalue weighted by atomic mass is 10.0. The van der Waals surface area contributed by atoms with Crippen molar-refractivity contribution in [1.82, 2.24) is 20.2 Å². The number of alkyl halides is 3. The molecule has 3 aliphatic rings. The van der Waals surface area contributed by atoms with Gasteiger partial charge in [0, 0.05) is 49.7 Å². The number of esters is 1. The summed E-state index contributed by atoms with van der Waals surface area (Å²) in [5.41, 5.74) is 1.44. The van der Waals surface area contributed by atoms with E-state index >= 15 is 0 Å². The quantitative estimate of drug-likeness (QED) is 0.257. The van der Waals surface area contributed by atoms with Crippen LogP contribution in [0.4, 0.5) is 30.5 Å². The van der Waals surface area contributed by atoms with Crippen molar-refractivity contribution in [1.29, 1.82) is 0 Å². The third-order valence-electron chi connectivity index (χ3n) is 7.98. The molecule has 0 bridgehead atoms. The number of nitrogens with zero attached hydrogens (tertiary/aromatic N) is 3. The highest BCUT2D eigenvalue weighted by molar-refractivity contribution is 6.32. The molecule has 2 fully saturated rings. The van der Waals surface area contributed by atoms with E-state index in [0.29, 0.717) is 65.3 Å². The normalized spacial score (nSPS) is 17.4. The highest BCUT2D eigenvalue weighted by atomic mass is 35.5. The summed E-state index contributed by atoms with van der Waals surface area (Å²) in [5, 5.41) is 9.19. The maximum atomic E-state index is 12.7. The molecule has 2 amide bonds. The van der Waals surface area contributed by atoms with Crippen LogP contribution in [0.3, 0.4) is 0 Å². The number of fused-ring (bicyclic) bond motifs is 1. The molecule has 3 N–H and O–H groups in total. The van der Waals surface area contributed by atoms with Gasteiger partial charge in [0.2, 0.25) is 11.8 Å². The molecule has 5 rings (SSSR count). The second kappa shape index (κ2) is 14.4. The molecule has 0 spiro atoms. The van der Waals surface area contributed by atoms with E-state index < -0.39 is 24.7 Å². The van der Waals surface area contributed by atoms with E-state index in [2.05, 4.69) is 30.7 Å². The van der Waals surface area contributed by atoms with Gasteiger partial charge in [-0.1, -0.05) is 24.4 Å². The maximum absolute atomic E-state index is 12.7. The van der Waals surface area contributed by atoms with Gasteiger partial charge < -0.3 is 30.3 Å². The predicted octanol–water partition coefficient (Wildman–Crippen LogP) is 4.85. The summed E-state index contributed by atoms with van der Waals surface area (Å²) in [6.45, 7) is 0.796. The van der Waals surface area contributed by atoms with E-state index in [1.165, 1.54) is 6.33 Å². The molecule has 2 aromatic rings. The molecule has 242 valence electrons. The zero-order chi connectivity index (χ0) is 32.0. The monoisotopic (exact) mass is 650 g/mol. The van der Waals surface area contributed by atoms with E-state index in [9.17, 15) is 27.6 Å². The number of likely N-dealkylation sites (tertiary alicyclic amines) is 1. The number of hydrogen-bond donors (Lipinski definition) is 3. The molecule has 1 aliphatic carbocycles. The lowest BCUT2D eigenvalue weighted by Gasteiger charge is -2.33. The number of rotatable bonds is 9. The van der Waals surface area contributed by atoms with Crippen LogP contribution in [0.25, 0.3) is 6.08 Å². The number of carbonyl (C=O) groups is 3. The molecule has 0 unspecified atom stereocenters. The molecular formula is C30H34ClF3N6O5. The zero-order valence-electron chi connectivity index (χ0n) is 24.4. The number of benzene rings is 1. The third kappa shape index (κ3) is 8.35. The Labute approximate surface area is 262 Å². The highest BCUT2D eigenvalue weighted by Gasteiger charge is 2.40. The minimum Gasteiger partial charge on any atom is -0.489 e. The number of anilines is 3. The molecule has 1 aromatic heterocycles. The minimum absolute atomic E-state index is 0.0518. The Kier molecular flexibility index (Phi) is 10.3. The first kappa shape index (κ1) is 32.3. The van der Waals surface area contributed by atoms with Crippen LogP contribution in [0.1, 0.15) is 50.5 Å². The second-order valence-electron chi connectivity index (χ2n) is 11.1. The van der Waals surface area contributed by atoms with Gasteiger partial charge >= 0.3 is 12.1 Å². The van der Waals surface area contributed by atoms with Gasteiger partial charge in [-0.3, -0.25) is 9.59 Å². The van der Waals surface area contributed by atoms with E-state index in [1.54, 1.807) is 24.3 Å². The number of carbonyl (C=O) groups excluding carboxylic acids is 3. The summed E-state index contributed by atoms with van der Waals surface area (Å²) in [6, 6.07) is 5.26. The number of piperidine rings is 1. The Balaban J connectivity index is 1.18. The van der Waals surface area contributed by atoms with Crippen molar-refractivity contribution in [3.05, 3.63) is 40.7 Å². The predicted molar refractivity (Wildman–Crippen MR) is 160 cm³/mol. The van der Waals surface area contributed by atoms with E-state index in [1.807, 2.05) is 4.90 Å². The van der Waals surface area contributed by atoms with Gasteiger partial charge in [0.15, 0.2) is 0 Å². The van der Waals surface area contributed by atoms with E-state index in [4.69, 9.17) is 16.3 Å². The number of halogens is 4. The maximum Gasteiger partial charge on any atom is 0.490 e. The van der Waals surface area contributed by atoms with E-state index in [-0.39, 0.29) is 24.5 Å². The molecule has 3 heterocycles. The number of ether oxygens (including phenoxy) is 2. The molecule has 15 heteroatoms. The van der Waals surface area contributed by atoms with Gasteiger partial charge in [0.25, 0.3) is 0 Å². The fourth-order valence-corrected chi connectivity index (χ4v) is 5.86. The summed E-state index contributed by atoms with van der Waals surface area (Å²) in [6.07, 6.45) is 3.81. The topological polar surface area (TPSA) is 135 Å². The number of hydrogen-bond acceptors (Lipinski definition) is 9. The summed E-state index contributed by atoms with van der Waals surface area (Å²) in [7, 11) is 0. The average molecular weight is 651 g/mol. The molecule has 0 radical (unpaired) electrons. The molecule has 45 heavy (non-hydrogen) atoms. The van der Waals surface area contributed by atoms with Crippen molar-refractivity contribution in [3.8, 4) is 5.75 Å². The van der Waals surface area contributed by atoms with Gasteiger partial charge in [0.1, 0.15) is 36.4 Å². The van der Waals surface area contributed by atoms with Crippen molar-refractivity contribution >= 4 is 52.8 Å². The summed E-state index contributed by atoms with van der Waals surface area (Å²) < 4.78 is 47.2. The lowest BCUT2D eigenvalue weighted by molar-refractivity contribution is -0.199.